The molecule has 0 bridgehead atoms. The van der Waals surface area contributed by atoms with Crippen molar-refractivity contribution in [1.82, 2.24) is 15.5 Å². The van der Waals surface area contributed by atoms with Crippen molar-refractivity contribution in [3.63, 3.8) is 0 Å². The molecule has 0 fully saturated rings. The van der Waals surface area contributed by atoms with Gasteiger partial charge in [0.25, 0.3) is 5.91 Å². The zero-order chi connectivity index (χ0) is 19.6. The van der Waals surface area contributed by atoms with Gasteiger partial charge in [-0.25, -0.2) is 0 Å². The molecule has 2 aromatic rings. The van der Waals surface area contributed by atoms with Crippen LogP contribution < -0.4 is 15.4 Å². The Kier molecular flexibility index (Phi) is 7.95. The van der Waals surface area contributed by atoms with E-state index in [0.29, 0.717) is 30.2 Å². The molecule has 0 atom stereocenters. The minimum absolute atomic E-state index is 0.123. The monoisotopic (exact) mass is 388 g/mol. The molecule has 0 spiro atoms. The van der Waals surface area contributed by atoms with E-state index in [1.54, 1.807) is 38.4 Å². The molecule has 27 heavy (non-hydrogen) atoms. The summed E-state index contributed by atoms with van der Waals surface area (Å²) in [6, 6.07) is 14.7. The van der Waals surface area contributed by atoms with E-state index in [2.05, 4.69) is 15.6 Å². The van der Waals surface area contributed by atoms with Crippen molar-refractivity contribution < 1.29 is 9.53 Å². The van der Waals surface area contributed by atoms with Gasteiger partial charge in [-0.1, -0.05) is 23.7 Å². The molecule has 0 aliphatic heterocycles. The van der Waals surface area contributed by atoms with Gasteiger partial charge in [-0.3, -0.25) is 9.79 Å². The third-order valence-electron chi connectivity index (χ3n) is 3.93. The van der Waals surface area contributed by atoms with Gasteiger partial charge in [0, 0.05) is 44.3 Å². The van der Waals surface area contributed by atoms with E-state index in [9.17, 15) is 4.79 Å². The van der Waals surface area contributed by atoms with Crippen LogP contribution in [0.2, 0.25) is 5.02 Å². The average molecular weight is 389 g/mol. The highest BCUT2D eigenvalue weighted by Gasteiger charge is 2.08. The third-order valence-corrected chi connectivity index (χ3v) is 4.16. The van der Waals surface area contributed by atoms with Gasteiger partial charge < -0.3 is 20.3 Å². The van der Waals surface area contributed by atoms with Crippen molar-refractivity contribution in [3.8, 4) is 5.75 Å². The number of amides is 1. The Morgan fingerprint density at radius 1 is 1.15 bits per heavy atom. The van der Waals surface area contributed by atoms with Gasteiger partial charge >= 0.3 is 0 Å². The first-order valence-corrected chi connectivity index (χ1v) is 8.99. The molecule has 0 aromatic heterocycles. The molecule has 2 N–H and O–H groups in total. The zero-order valence-electron chi connectivity index (χ0n) is 15.8. The summed E-state index contributed by atoms with van der Waals surface area (Å²) in [7, 11) is 5.27. The van der Waals surface area contributed by atoms with Gasteiger partial charge in [0.05, 0.1) is 7.11 Å². The van der Waals surface area contributed by atoms with Gasteiger partial charge in [-0.2, -0.15) is 0 Å². The lowest BCUT2D eigenvalue weighted by Crippen LogP contribution is -2.42. The van der Waals surface area contributed by atoms with E-state index in [4.69, 9.17) is 16.3 Å². The number of halogens is 1. The van der Waals surface area contributed by atoms with Crippen LogP contribution in [0.15, 0.2) is 53.5 Å². The SMILES string of the molecule is CN=C(NCCNC(=O)c1ccc(OC)cc1)N(C)Cc1cccc(Cl)c1. The van der Waals surface area contributed by atoms with Crippen LogP contribution in [0, 0.1) is 0 Å². The lowest BCUT2D eigenvalue weighted by Gasteiger charge is -2.22. The summed E-state index contributed by atoms with van der Waals surface area (Å²) in [6.07, 6.45) is 0. The smallest absolute Gasteiger partial charge is 0.251 e. The Balaban J connectivity index is 1.77. The Labute approximate surface area is 165 Å². The Bertz CT molecular complexity index is 778. The summed E-state index contributed by atoms with van der Waals surface area (Å²) in [5, 5.41) is 6.83. The minimum Gasteiger partial charge on any atom is -0.497 e. The van der Waals surface area contributed by atoms with Gasteiger partial charge in [-0.05, 0) is 42.0 Å². The molecular weight excluding hydrogens is 364 g/mol. The molecule has 0 saturated carbocycles. The second kappa shape index (κ2) is 10.4. The lowest BCUT2D eigenvalue weighted by atomic mass is 10.2. The number of methoxy groups -OCH3 is 1. The summed E-state index contributed by atoms with van der Waals surface area (Å²) >= 11 is 6.03. The van der Waals surface area contributed by atoms with Crippen LogP contribution >= 0.6 is 11.6 Å². The highest BCUT2D eigenvalue weighted by atomic mass is 35.5. The molecule has 0 heterocycles. The maximum absolute atomic E-state index is 12.1. The first-order valence-electron chi connectivity index (χ1n) is 8.62. The fraction of sp³-hybridized carbons (Fsp3) is 0.300. The molecule has 144 valence electrons. The largest absolute Gasteiger partial charge is 0.497 e. The van der Waals surface area contributed by atoms with Gasteiger partial charge in [0.15, 0.2) is 5.96 Å². The number of hydrogen-bond acceptors (Lipinski definition) is 3. The number of aliphatic imine (C=N–C) groups is 1. The summed E-state index contributed by atoms with van der Waals surface area (Å²) in [4.78, 5) is 18.4. The van der Waals surface area contributed by atoms with Crippen LogP contribution in [0.25, 0.3) is 0 Å². The van der Waals surface area contributed by atoms with Crippen LogP contribution in [-0.4, -0.2) is 51.1 Å². The van der Waals surface area contributed by atoms with E-state index in [1.165, 1.54) is 0 Å². The van der Waals surface area contributed by atoms with E-state index >= 15 is 0 Å². The van der Waals surface area contributed by atoms with Crippen LogP contribution in [0.4, 0.5) is 0 Å². The van der Waals surface area contributed by atoms with Crippen molar-refractivity contribution in [3.05, 3.63) is 64.7 Å². The molecule has 0 aliphatic rings. The maximum atomic E-state index is 12.1. The van der Waals surface area contributed by atoms with Crippen molar-refractivity contribution in [2.75, 3.05) is 34.3 Å². The summed E-state index contributed by atoms with van der Waals surface area (Å²) in [5.74, 6) is 1.34. The van der Waals surface area contributed by atoms with Crippen LogP contribution in [0.5, 0.6) is 5.75 Å². The topological polar surface area (TPSA) is 66.0 Å². The highest BCUT2D eigenvalue weighted by molar-refractivity contribution is 6.30. The fourth-order valence-corrected chi connectivity index (χ4v) is 2.78. The van der Waals surface area contributed by atoms with Crippen LogP contribution in [0.3, 0.4) is 0 Å². The number of ether oxygens (including phenoxy) is 1. The second-order valence-electron chi connectivity index (χ2n) is 5.94. The summed E-state index contributed by atoms with van der Waals surface area (Å²) in [5.41, 5.74) is 1.69. The van der Waals surface area contributed by atoms with Crippen LogP contribution in [0.1, 0.15) is 15.9 Å². The first-order chi connectivity index (χ1) is 13.0. The fourth-order valence-electron chi connectivity index (χ4n) is 2.56. The number of carbonyl (C=O) groups is 1. The number of guanidine groups is 1. The molecule has 7 heteroatoms. The van der Waals surface area contributed by atoms with Gasteiger partial charge in [0.2, 0.25) is 0 Å². The number of nitrogens with one attached hydrogen (secondary N) is 2. The molecule has 0 saturated heterocycles. The van der Waals surface area contributed by atoms with Crippen LogP contribution in [-0.2, 0) is 6.54 Å². The predicted molar refractivity (Wildman–Crippen MR) is 110 cm³/mol. The van der Waals surface area contributed by atoms with Crippen molar-refractivity contribution >= 4 is 23.5 Å². The molecule has 1 amide bonds. The highest BCUT2D eigenvalue weighted by Crippen LogP contribution is 2.12. The Morgan fingerprint density at radius 3 is 2.48 bits per heavy atom. The van der Waals surface area contributed by atoms with Crippen molar-refractivity contribution in [1.29, 1.82) is 0 Å². The third kappa shape index (κ3) is 6.49. The summed E-state index contributed by atoms with van der Waals surface area (Å²) in [6.45, 7) is 1.72. The van der Waals surface area contributed by atoms with Crippen molar-refractivity contribution in [2.24, 2.45) is 4.99 Å². The zero-order valence-corrected chi connectivity index (χ0v) is 16.6. The molecule has 0 radical (unpaired) electrons. The number of hydrogen-bond donors (Lipinski definition) is 2. The molecule has 2 aromatic carbocycles. The first kappa shape index (κ1) is 20.6. The molecule has 6 nitrogen and oxygen atoms in total. The molecule has 0 unspecified atom stereocenters. The Hall–Kier alpha value is -2.73. The number of rotatable bonds is 7. The quantitative estimate of drug-likeness (QED) is 0.435. The summed E-state index contributed by atoms with van der Waals surface area (Å²) < 4.78 is 5.09. The standard InChI is InChI=1S/C20H25ClN4O2/c1-22-20(25(2)14-15-5-4-6-17(21)13-15)24-12-11-23-19(26)16-7-9-18(27-3)10-8-16/h4-10,13H,11-12,14H2,1-3H3,(H,22,24)(H,23,26). The normalized spacial score (nSPS) is 11.0. The van der Waals surface area contributed by atoms with E-state index in [0.717, 1.165) is 17.3 Å². The second-order valence-corrected chi connectivity index (χ2v) is 6.38. The Morgan fingerprint density at radius 2 is 1.85 bits per heavy atom. The maximum Gasteiger partial charge on any atom is 0.251 e. The van der Waals surface area contributed by atoms with Gasteiger partial charge in [-0.15, -0.1) is 0 Å². The van der Waals surface area contributed by atoms with E-state index in [-0.39, 0.29) is 5.91 Å². The molecule has 2 rings (SSSR count). The average Bonchev–Trinajstić information content (AvgIpc) is 2.67. The molecular formula is C20H25ClN4O2. The van der Waals surface area contributed by atoms with E-state index in [1.807, 2.05) is 36.2 Å². The van der Waals surface area contributed by atoms with Crippen molar-refractivity contribution in [2.45, 2.75) is 6.54 Å². The lowest BCUT2D eigenvalue weighted by molar-refractivity contribution is 0.0954. The van der Waals surface area contributed by atoms with E-state index < -0.39 is 0 Å². The van der Waals surface area contributed by atoms with Gasteiger partial charge in [0.1, 0.15) is 5.75 Å². The number of nitrogens with zero attached hydrogens (tertiary/aromatic N) is 2. The minimum atomic E-state index is -0.123. The predicted octanol–water partition coefficient (Wildman–Crippen LogP) is 2.79. The molecule has 0 aliphatic carbocycles. The number of benzene rings is 2. The number of carbonyl (C=O) groups excluding carboxylic acids is 1.